The molecule has 9 heteroatoms. The molecule has 0 radical (unpaired) electrons. The number of thioether (sulfide) groups is 1. The molecule has 0 atom stereocenters. The number of nitrogens with one attached hydrogen (secondary N) is 1. The van der Waals surface area contributed by atoms with Gasteiger partial charge in [0.1, 0.15) is 6.54 Å². The van der Waals surface area contributed by atoms with Crippen molar-refractivity contribution in [1.29, 1.82) is 0 Å². The minimum atomic E-state index is -0.522. The molecule has 30 heavy (non-hydrogen) atoms. The highest BCUT2D eigenvalue weighted by Gasteiger charge is 2.36. The van der Waals surface area contributed by atoms with E-state index in [-0.39, 0.29) is 11.4 Å². The van der Waals surface area contributed by atoms with E-state index in [2.05, 4.69) is 21.2 Å². The first kappa shape index (κ1) is 21.9. The molecule has 3 amide bonds. The van der Waals surface area contributed by atoms with Crippen LogP contribution < -0.4 is 14.8 Å². The highest BCUT2D eigenvalue weighted by atomic mass is 79.9. The summed E-state index contributed by atoms with van der Waals surface area (Å²) in [4.78, 5) is 38.5. The zero-order valence-corrected chi connectivity index (χ0v) is 18.9. The van der Waals surface area contributed by atoms with Gasteiger partial charge in [0, 0.05) is 10.2 Å². The number of anilines is 1. The number of amides is 3. The van der Waals surface area contributed by atoms with Gasteiger partial charge in [-0.15, -0.1) is 0 Å². The predicted octanol–water partition coefficient (Wildman–Crippen LogP) is 4.45. The van der Waals surface area contributed by atoms with Gasteiger partial charge in [-0.05, 0) is 54.6 Å². The standard InChI is InChI=1S/C21H19BrN2O5S/c1-12-4-6-14(7-5-12)23-19(25)11-24-20(26)18(30-21(24)27)9-13-8-16(28-2)17(29-3)10-15(13)22/h4-10H,11H2,1-3H3,(H,23,25)/b18-9+. The first-order valence-corrected chi connectivity index (χ1v) is 10.5. The zero-order valence-electron chi connectivity index (χ0n) is 16.5. The molecule has 1 N–H and O–H groups in total. The molecule has 1 saturated heterocycles. The van der Waals surface area contributed by atoms with E-state index in [1.54, 1.807) is 30.3 Å². The number of hydrogen-bond donors (Lipinski definition) is 1. The Labute approximate surface area is 186 Å². The summed E-state index contributed by atoms with van der Waals surface area (Å²) in [6, 6.07) is 10.6. The maximum absolute atomic E-state index is 12.7. The fraction of sp³-hybridized carbons (Fsp3) is 0.190. The van der Waals surface area contributed by atoms with Gasteiger partial charge in [0.15, 0.2) is 11.5 Å². The molecule has 0 aliphatic carbocycles. The fourth-order valence-corrected chi connectivity index (χ4v) is 4.01. The zero-order chi connectivity index (χ0) is 21.8. The van der Waals surface area contributed by atoms with E-state index in [1.807, 2.05) is 19.1 Å². The van der Waals surface area contributed by atoms with E-state index in [1.165, 1.54) is 14.2 Å². The Morgan fingerprint density at radius 2 is 1.77 bits per heavy atom. The van der Waals surface area contributed by atoms with Gasteiger partial charge < -0.3 is 14.8 Å². The van der Waals surface area contributed by atoms with E-state index in [4.69, 9.17) is 9.47 Å². The fourth-order valence-electron chi connectivity index (χ4n) is 2.74. The quantitative estimate of drug-likeness (QED) is 0.602. The second-order valence-corrected chi connectivity index (χ2v) is 8.26. The number of rotatable bonds is 6. The van der Waals surface area contributed by atoms with Gasteiger partial charge in [-0.2, -0.15) is 0 Å². The van der Waals surface area contributed by atoms with E-state index < -0.39 is 17.1 Å². The molecule has 0 saturated carbocycles. The van der Waals surface area contributed by atoms with Crippen molar-refractivity contribution in [3.05, 3.63) is 56.9 Å². The van der Waals surface area contributed by atoms with Crippen LogP contribution in [0.4, 0.5) is 10.5 Å². The average Bonchev–Trinajstić information content (AvgIpc) is 2.98. The lowest BCUT2D eigenvalue weighted by molar-refractivity contribution is -0.127. The largest absolute Gasteiger partial charge is 0.493 e. The third-order valence-electron chi connectivity index (χ3n) is 4.30. The first-order valence-electron chi connectivity index (χ1n) is 8.85. The van der Waals surface area contributed by atoms with E-state index in [0.717, 1.165) is 22.2 Å². The number of imide groups is 1. The summed E-state index contributed by atoms with van der Waals surface area (Å²) < 4.78 is 11.2. The Balaban J connectivity index is 1.76. The third kappa shape index (κ3) is 4.85. The lowest BCUT2D eigenvalue weighted by atomic mass is 10.2. The van der Waals surface area contributed by atoms with Gasteiger partial charge in [-0.25, -0.2) is 0 Å². The maximum Gasteiger partial charge on any atom is 0.294 e. The molecule has 3 rings (SSSR count). The number of aryl methyl sites for hydroxylation is 1. The monoisotopic (exact) mass is 490 g/mol. The summed E-state index contributed by atoms with van der Waals surface area (Å²) in [7, 11) is 3.03. The van der Waals surface area contributed by atoms with Crippen molar-refractivity contribution in [1.82, 2.24) is 4.90 Å². The minimum absolute atomic E-state index is 0.219. The van der Waals surface area contributed by atoms with Crippen LogP contribution in [-0.2, 0) is 9.59 Å². The van der Waals surface area contributed by atoms with Crippen molar-refractivity contribution >= 4 is 56.5 Å². The van der Waals surface area contributed by atoms with Crippen LogP contribution >= 0.6 is 27.7 Å². The van der Waals surface area contributed by atoms with Crippen LogP contribution in [0.25, 0.3) is 6.08 Å². The number of carbonyl (C=O) groups excluding carboxylic acids is 3. The topological polar surface area (TPSA) is 84.9 Å². The van der Waals surface area contributed by atoms with Crippen LogP contribution in [0.1, 0.15) is 11.1 Å². The predicted molar refractivity (Wildman–Crippen MR) is 120 cm³/mol. The molecule has 2 aromatic carbocycles. The van der Waals surface area contributed by atoms with Gasteiger partial charge in [0.25, 0.3) is 11.1 Å². The molecule has 0 aromatic heterocycles. The summed E-state index contributed by atoms with van der Waals surface area (Å²) in [5.41, 5.74) is 2.30. The smallest absolute Gasteiger partial charge is 0.294 e. The normalized spacial score (nSPS) is 14.9. The van der Waals surface area contributed by atoms with Crippen molar-refractivity contribution in [2.45, 2.75) is 6.92 Å². The summed E-state index contributed by atoms with van der Waals surface area (Å²) in [6.45, 7) is 1.58. The Bertz CT molecular complexity index is 1040. The molecule has 1 aliphatic heterocycles. The SMILES string of the molecule is COc1cc(Br)c(/C=C2/SC(=O)N(CC(=O)Nc3ccc(C)cc3)C2=O)cc1OC. The maximum atomic E-state index is 12.7. The Morgan fingerprint density at radius 1 is 1.13 bits per heavy atom. The minimum Gasteiger partial charge on any atom is -0.493 e. The highest BCUT2D eigenvalue weighted by molar-refractivity contribution is 9.10. The Hall–Kier alpha value is -2.78. The van der Waals surface area contributed by atoms with Crippen molar-refractivity contribution in [3.63, 3.8) is 0 Å². The van der Waals surface area contributed by atoms with Crippen LogP contribution in [-0.4, -0.2) is 42.7 Å². The number of methoxy groups -OCH3 is 2. The number of halogens is 1. The highest BCUT2D eigenvalue weighted by Crippen LogP contribution is 2.37. The average molecular weight is 491 g/mol. The van der Waals surface area contributed by atoms with Crippen LogP contribution in [0.15, 0.2) is 45.8 Å². The molecule has 156 valence electrons. The Morgan fingerprint density at radius 3 is 2.40 bits per heavy atom. The molecule has 0 unspecified atom stereocenters. The number of ether oxygens (including phenoxy) is 2. The van der Waals surface area contributed by atoms with E-state index in [9.17, 15) is 14.4 Å². The van der Waals surface area contributed by atoms with E-state index >= 15 is 0 Å². The molecule has 0 spiro atoms. The van der Waals surface area contributed by atoms with Gasteiger partial charge in [0.05, 0.1) is 19.1 Å². The lowest BCUT2D eigenvalue weighted by Gasteiger charge is -2.12. The van der Waals surface area contributed by atoms with Crippen molar-refractivity contribution < 1.29 is 23.9 Å². The summed E-state index contributed by atoms with van der Waals surface area (Å²) in [6.07, 6.45) is 1.58. The molecule has 2 aromatic rings. The van der Waals surface area contributed by atoms with Crippen molar-refractivity contribution in [2.24, 2.45) is 0 Å². The van der Waals surface area contributed by atoms with E-state index in [0.29, 0.717) is 27.2 Å². The molecule has 0 bridgehead atoms. The van der Waals surface area contributed by atoms with Gasteiger partial charge >= 0.3 is 0 Å². The van der Waals surface area contributed by atoms with Crippen LogP contribution in [0.2, 0.25) is 0 Å². The van der Waals surface area contributed by atoms with Crippen molar-refractivity contribution in [2.75, 3.05) is 26.1 Å². The summed E-state index contributed by atoms with van der Waals surface area (Å²) in [5, 5.41) is 2.19. The number of carbonyl (C=O) groups is 3. The lowest BCUT2D eigenvalue weighted by Crippen LogP contribution is -2.36. The number of hydrogen-bond acceptors (Lipinski definition) is 6. The second-order valence-electron chi connectivity index (χ2n) is 6.41. The van der Waals surface area contributed by atoms with Crippen LogP contribution in [0, 0.1) is 6.92 Å². The van der Waals surface area contributed by atoms with Crippen LogP contribution in [0.3, 0.4) is 0 Å². The summed E-state index contributed by atoms with van der Waals surface area (Å²) >= 11 is 4.21. The molecule has 1 fully saturated rings. The summed E-state index contributed by atoms with van der Waals surface area (Å²) in [5.74, 6) is 0.0477. The molecule has 1 aliphatic rings. The molecular formula is C21H19BrN2O5S. The van der Waals surface area contributed by atoms with Crippen molar-refractivity contribution in [3.8, 4) is 11.5 Å². The van der Waals surface area contributed by atoms with Gasteiger partial charge in [0.2, 0.25) is 5.91 Å². The second kappa shape index (κ2) is 9.36. The Kier molecular flexibility index (Phi) is 6.84. The van der Waals surface area contributed by atoms with Gasteiger partial charge in [-0.3, -0.25) is 19.3 Å². The van der Waals surface area contributed by atoms with Crippen LogP contribution in [0.5, 0.6) is 11.5 Å². The molecular weight excluding hydrogens is 472 g/mol. The van der Waals surface area contributed by atoms with Gasteiger partial charge in [-0.1, -0.05) is 33.6 Å². The molecule has 7 nitrogen and oxygen atoms in total. The third-order valence-corrected chi connectivity index (χ3v) is 5.89. The first-order chi connectivity index (χ1) is 14.3. The number of benzene rings is 2. The number of nitrogens with zero attached hydrogens (tertiary/aromatic N) is 1. The molecule has 1 heterocycles.